The third-order valence-electron chi connectivity index (χ3n) is 6.54. The van der Waals surface area contributed by atoms with Gasteiger partial charge in [0, 0.05) is 47.2 Å². The highest BCUT2D eigenvalue weighted by Gasteiger charge is 2.44. The molecule has 2 heterocycles. The predicted octanol–water partition coefficient (Wildman–Crippen LogP) is 6.61. The zero-order valence-electron chi connectivity index (χ0n) is 18.4. The highest BCUT2D eigenvalue weighted by atomic mass is 32.2. The van der Waals surface area contributed by atoms with Crippen LogP contribution in [0.4, 0.5) is 13.2 Å². The Morgan fingerprint density at radius 1 is 0.912 bits per heavy atom. The molecule has 2 fully saturated rings. The fourth-order valence-corrected chi connectivity index (χ4v) is 5.82. The number of thioether (sulfide) groups is 1. The highest BCUT2D eigenvalue weighted by molar-refractivity contribution is 7.98. The summed E-state index contributed by atoms with van der Waals surface area (Å²) in [5, 5.41) is 0. The maximum absolute atomic E-state index is 14.0. The van der Waals surface area contributed by atoms with E-state index in [0.29, 0.717) is 29.1 Å². The number of carbonyl (C=O) groups is 1. The first-order chi connectivity index (χ1) is 16.5. The summed E-state index contributed by atoms with van der Waals surface area (Å²) in [7, 11) is 0. The monoisotopic (exact) mass is 483 g/mol. The molecule has 2 unspecified atom stereocenters. The first-order valence-electron chi connectivity index (χ1n) is 11.4. The Kier molecular flexibility index (Phi) is 6.55. The van der Waals surface area contributed by atoms with Crippen molar-refractivity contribution in [2.24, 2.45) is 0 Å². The molecule has 2 saturated heterocycles. The number of ether oxygens (including phenoxy) is 1. The van der Waals surface area contributed by atoms with Crippen molar-refractivity contribution in [3.05, 3.63) is 95.3 Å². The molecule has 2 bridgehead atoms. The second-order valence-electron chi connectivity index (χ2n) is 8.80. The van der Waals surface area contributed by atoms with Crippen molar-refractivity contribution in [3.8, 4) is 5.75 Å². The summed E-state index contributed by atoms with van der Waals surface area (Å²) in [5.74, 6) is -0.921. The van der Waals surface area contributed by atoms with Gasteiger partial charge in [0.2, 0.25) is 0 Å². The lowest BCUT2D eigenvalue weighted by Gasteiger charge is -2.39. The van der Waals surface area contributed by atoms with Gasteiger partial charge in [-0.15, -0.1) is 11.8 Å². The van der Waals surface area contributed by atoms with Gasteiger partial charge in [0.15, 0.2) is 11.6 Å². The number of hydrogen-bond donors (Lipinski definition) is 0. The second-order valence-corrected chi connectivity index (χ2v) is 9.82. The van der Waals surface area contributed by atoms with Crippen LogP contribution in [0.25, 0.3) is 0 Å². The number of halogens is 3. The minimum absolute atomic E-state index is 0.00720. The lowest BCUT2D eigenvalue weighted by molar-refractivity contribution is 0.0349. The average Bonchev–Trinajstić information content (AvgIpc) is 3.10. The molecule has 3 aromatic rings. The van der Waals surface area contributed by atoms with Gasteiger partial charge < -0.3 is 9.64 Å². The normalized spacial score (nSPS) is 21.5. The van der Waals surface area contributed by atoms with Crippen molar-refractivity contribution < 1.29 is 22.7 Å². The van der Waals surface area contributed by atoms with Crippen LogP contribution in [-0.2, 0) is 5.75 Å². The van der Waals surface area contributed by atoms with Crippen LogP contribution < -0.4 is 4.74 Å². The largest absolute Gasteiger partial charge is 0.487 e. The second kappa shape index (κ2) is 9.74. The van der Waals surface area contributed by atoms with Gasteiger partial charge in [-0.1, -0.05) is 24.3 Å². The van der Waals surface area contributed by atoms with Crippen molar-refractivity contribution >= 4 is 17.7 Å². The Hall–Kier alpha value is -2.93. The molecule has 5 rings (SSSR count). The van der Waals surface area contributed by atoms with Crippen LogP contribution >= 0.6 is 11.8 Å². The van der Waals surface area contributed by atoms with Crippen molar-refractivity contribution in [3.63, 3.8) is 0 Å². The summed E-state index contributed by atoms with van der Waals surface area (Å²) >= 11 is 1.42. The van der Waals surface area contributed by atoms with E-state index in [2.05, 4.69) is 0 Å². The van der Waals surface area contributed by atoms with E-state index in [1.807, 2.05) is 35.2 Å². The molecule has 2 atom stereocenters. The first kappa shape index (κ1) is 22.8. The maximum Gasteiger partial charge on any atom is 0.254 e. The molecule has 7 heteroatoms. The molecule has 3 nitrogen and oxygen atoms in total. The van der Waals surface area contributed by atoms with Gasteiger partial charge >= 0.3 is 0 Å². The number of fused-ring (bicyclic) bond motifs is 2. The van der Waals surface area contributed by atoms with Crippen molar-refractivity contribution in [2.45, 2.75) is 54.5 Å². The summed E-state index contributed by atoms with van der Waals surface area (Å²) in [5.41, 5.74) is 1.64. The van der Waals surface area contributed by atoms with Gasteiger partial charge in [-0.25, -0.2) is 13.2 Å². The number of rotatable bonds is 6. The zero-order chi connectivity index (χ0) is 23.7. The van der Waals surface area contributed by atoms with Crippen LogP contribution in [0, 0.1) is 17.5 Å². The topological polar surface area (TPSA) is 29.5 Å². The van der Waals surface area contributed by atoms with E-state index >= 15 is 0 Å². The van der Waals surface area contributed by atoms with Crippen LogP contribution in [0.15, 0.2) is 71.6 Å². The molecule has 3 aromatic carbocycles. The smallest absolute Gasteiger partial charge is 0.254 e. The van der Waals surface area contributed by atoms with E-state index in [9.17, 15) is 18.0 Å². The molecular weight excluding hydrogens is 459 g/mol. The maximum atomic E-state index is 14.0. The van der Waals surface area contributed by atoms with E-state index in [1.165, 1.54) is 30.0 Å². The molecule has 176 valence electrons. The minimum Gasteiger partial charge on any atom is -0.487 e. The van der Waals surface area contributed by atoms with Gasteiger partial charge in [-0.05, 0) is 54.8 Å². The Balaban J connectivity index is 1.21. The summed E-state index contributed by atoms with van der Waals surface area (Å²) < 4.78 is 46.8. The van der Waals surface area contributed by atoms with Crippen LogP contribution in [0.3, 0.4) is 0 Å². The summed E-state index contributed by atoms with van der Waals surface area (Å²) in [6.45, 7) is 0. The number of nitrogens with zero attached hydrogens (tertiary/aromatic N) is 1. The number of amides is 1. The van der Waals surface area contributed by atoms with E-state index < -0.39 is 11.6 Å². The molecule has 0 aromatic heterocycles. The lowest BCUT2D eigenvalue weighted by Crippen LogP contribution is -2.49. The van der Waals surface area contributed by atoms with Crippen molar-refractivity contribution in [1.82, 2.24) is 4.90 Å². The summed E-state index contributed by atoms with van der Waals surface area (Å²) in [6, 6.07) is 17.6. The Morgan fingerprint density at radius 3 is 2.29 bits per heavy atom. The molecular formula is C27H24F3NO2S. The van der Waals surface area contributed by atoms with Crippen LogP contribution in [-0.4, -0.2) is 29.0 Å². The average molecular weight is 484 g/mol. The van der Waals surface area contributed by atoms with Crippen LogP contribution in [0.2, 0.25) is 0 Å². The standard InChI is InChI=1S/C27H24F3NO2S/c28-19-9-12-25(24(30)13-19)33-22-14-20-10-11-21(15-22)31(20)27(32)18-7-5-17(6-8-18)16-34-26-4-2-1-3-23(26)29/h1-9,12-13,20-22H,10-11,14-16H2. The Morgan fingerprint density at radius 2 is 1.62 bits per heavy atom. The molecule has 0 saturated carbocycles. The third-order valence-corrected chi connectivity index (χ3v) is 7.66. The third kappa shape index (κ3) is 4.80. The molecule has 2 aliphatic rings. The van der Waals surface area contributed by atoms with E-state index in [1.54, 1.807) is 12.1 Å². The number of carbonyl (C=O) groups excluding carboxylic acids is 1. The van der Waals surface area contributed by atoms with Gasteiger partial charge in [-0.2, -0.15) is 0 Å². The highest BCUT2D eigenvalue weighted by Crippen LogP contribution is 2.38. The number of piperidine rings is 1. The van der Waals surface area contributed by atoms with Gasteiger partial charge in [-0.3, -0.25) is 4.79 Å². The molecule has 1 amide bonds. The lowest BCUT2D eigenvalue weighted by atomic mass is 9.98. The summed E-state index contributed by atoms with van der Waals surface area (Å²) in [4.78, 5) is 15.8. The molecule has 2 aliphatic heterocycles. The molecule has 0 N–H and O–H groups in total. The molecule has 0 spiro atoms. The quantitative estimate of drug-likeness (QED) is 0.370. The van der Waals surface area contributed by atoms with Crippen LogP contribution in [0.5, 0.6) is 5.75 Å². The number of benzene rings is 3. The zero-order valence-corrected chi connectivity index (χ0v) is 19.2. The number of hydrogen-bond acceptors (Lipinski definition) is 3. The van der Waals surface area contributed by atoms with E-state index in [-0.39, 0.29) is 35.7 Å². The van der Waals surface area contributed by atoms with Crippen molar-refractivity contribution in [1.29, 1.82) is 0 Å². The van der Waals surface area contributed by atoms with E-state index in [4.69, 9.17) is 4.74 Å². The molecule has 34 heavy (non-hydrogen) atoms. The summed E-state index contributed by atoms with van der Waals surface area (Å²) in [6.07, 6.45) is 2.81. The van der Waals surface area contributed by atoms with Crippen LogP contribution in [0.1, 0.15) is 41.6 Å². The fraction of sp³-hybridized carbons (Fsp3) is 0.296. The van der Waals surface area contributed by atoms with E-state index in [0.717, 1.165) is 24.5 Å². The van der Waals surface area contributed by atoms with Gasteiger partial charge in [0.05, 0.1) is 0 Å². The van der Waals surface area contributed by atoms with Gasteiger partial charge in [0.1, 0.15) is 17.7 Å². The molecule has 0 radical (unpaired) electrons. The minimum atomic E-state index is -0.709. The van der Waals surface area contributed by atoms with Gasteiger partial charge in [0.25, 0.3) is 5.91 Å². The van der Waals surface area contributed by atoms with Crippen molar-refractivity contribution in [2.75, 3.05) is 0 Å². The molecule has 0 aliphatic carbocycles. The SMILES string of the molecule is O=C(c1ccc(CSc2ccccc2F)cc1)N1C2CCC1CC(Oc1ccc(F)cc1F)C2. The first-order valence-corrected chi connectivity index (χ1v) is 12.4. The Bertz CT molecular complexity index is 1170. The Labute approximate surface area is 200 Å². The fourth-order valence-electron chi connectivity index (χ4n) is 4.92. The predicted molar refractivity (Wildman–Crippen MR) is 125 cm³/mol.